The van der Waals surface area contributed by atoms with Crippen molar-refractivity contribution in [3.63, 3.8) is 0 Å². The van der Waals surface area contributed by atoms with Crippen LogP contribution in [0.3, 0.4) is 0 Å². The SMILES string of the molecule is Cc1[nH]c(C(=O)O)c(C)c1S(=O)(=O)Nc1cnc(Br)cn1. The first kappa shape index (κ1) is 15.4. The number of hydrogen-bond acceptors (Lipinski definition) is 5. The summed E-state index contributed by atoms with van der Waals surface area (Å²) >= 11 is 3.09. The summed E-state index contributed by atoms with van der Waals surface area (Å²) in [4.78, 5) is 21.2. The Hall–Kier alpha value is -1.94. The molecule has 0 saturated heterocycles. The van der Waals surface area contributed by atoms with Crippen molar-refractivity contribution in [1.29, 1.82) is 0 Å². The molecule has 0 spiro atoms. The molecule has 0 aliphatic carbocycles. The van der Waals surface area contributed by atoms with Crippen molar-refractivity contribution in [2.24, 2.45) is 0 Å². The second kappa shape index (κ2) is 5.45. The van der Waals surface area contributed by atoms with E-state index in [4.69, 9.17) is 5.11 Å². The number of sulfonamides is 1. The van der Waals surface area contributed by atoms with Crippen molar-refractivity contribution >= 4 is 37.7 Å². The summed E-state index contributed by atoms with van der Waals surface area (Å²) in [6.45, 7) is 2.91. The van der Waals surface area contributed by atoms with E-state index in [-0.39, 0.29) is 27.7 Å². The summed E-state index contributed by atoms with van der Waals surface area (Å²) in [5, 5.41) is 9.02. The van der Waals surface area contributed by atoms with Crippen LogP contribution in [0.2, 0.25) is 0 Å². The van der Waals surface area contributed by atoms with Gasteiger partial charge in [-0.25, -0.2) is 23.2 Å². The number of hydrogen-bond donors (Lipinski definition) is 3. The molecule has 2 aromatic rings. The molecule has 0 bridgehead atoms. The van der Waals surface area contributed by atoms with Crippen molar-refractivity contribution in [2.75, 3.05) is 4.72 Å². The molecule has 0 saturated carbocycles. The second-order valence-corrected chi connectivity index (χ2v) is 6.65. The molecule has 0 amide bonds. The highest BCUT2D eigenvalue weighted by atomic mass is 79.9. The van der Waals surface area contributed by atoms with Gasteiger partial charge in [0.2, 0.25) is 0 Å². The van der Waals surface area contributed by atoms with Gasteiger partial charge in [-0.05, 0) is 29.8 Å². The molecule has 0 aliphatic rings. The van der Waals surface area contributed by atoms with Crippen molar-refractivity contribution in [1.82, 2.24) is 15.0 Å². The third-order valence-corrected chi connectivity index (χ3v) is 4.75. The number of anilines is 1. The van der Waals surface area contributed by atoms with Gasteiger partial charge in [0.1, 0.15) is 15.2 Å². The maximum absolute atomic E-state index is 12.4. The van der Waals surface area contributed by atoms with Gasteiger partial charge >= 0.3 is 5.97 Å². The van der Waals surface area contributed by atoms with Crippen LogP contribution in [-0.2, 0) is 10.0 Å². The zero-order valence-electron chi connectivity index (χ0n) is 11.0. The predicted octanol–water partition coefficient (Wildman–Crippen LogP) is 1.68. The first-order valence-corrected chi connectivity index (χ1v) is 7.93. The predicted molar refractivity (Wildman–Crippen MR) is 77.8 cm³/mol. The number of nitrogens with zero attached hydrogens (tertiary/aromatic N) is 2. The fourth-order valence-electron chi connectivity index (χ4n) is 1.90. The lowest BCUT2D eigenvalue weighted by molar-refractivity contribution is 0.0690. The minimum absolute atomic E-state index is 0.0371. The summed E-state index contributed by atoms with van der Waals surface area (Å²) in [6, 6.07) is 0. The zero-order chi connectivity index (χ0) is 15.8. The van der Waals surface area contributed by atoms with E-state index in [2.05, 4.69) is 35.6 Å². The van der Waals surface area contributed by atoms with Crippen LogP contribution in [0.1, 0.15) is 21.7 Å². The number of aryl methyl sites for hydroxylation is 1. The fraction of sp³-hybridized carbons (Fsp3) is 0.182. The van der Waals surface area contributed by atoms with Gasteiger partial charge in [0, 0.05) is 11.3 Å². The lowest BCUT2D eigenvalue weighted by atomic mass is 10.2. The third kappa shape index (κ3) is 3.05. The van der Waals surface area contributed by atoms with Gasteiger partial charge in [-0.2, -0.15) is 0 Å². The molecule has 10 heteroatoms. The molecule has 2 heterocycles. The molecular weight excluding hydrogens is 364 g/mol. The van der Waals surface area contributed by atoms with Gasteiger partial charge in [-0.15, -0.1) is 0 Å². The van der Waals surface area contributed by atoms with Crippen LogP contribution in [0.4, 0.5) is 5.82 Å². The van der Waals surface area contributed by atoms with E-state index in [0.29, 0.717) is 4.60 Å². The summed E-state index contributed by atoms with van der Waals surface area (Å²) in [5.41, 5.74) is 0.217. The van der Waals surface area contributed by atoms with Crippen molar-refractivity contribution in [3.8, 4) is 0 Å². The lowest BCUT2D eigenvalue weighted by Gasteiger charge is -2.07. The standard InChI is InChI=1S/C11H11BrN4O4S/c1-5-9(11(17)18)15-6(2)10(5)21(19,20)16-8-4-13-7(12)3-14-8/h3-4,15H,1-2H3,(H,14,16)(H,17,18). The van der Waals surface area contributed by atoms with Gasteiger partial charge in [0.15, 0.2) is 5.82 Å². The summed E-state index contributed by atoms with van der Waals surface area (Å²) < 4.78 is 27.4. The van der Waals surface area contributed by atoms with Crippen molar-refractivity contribution in [2.45, 2.75) is 18.7 Å². The third-order valence-electron chi connectivity index (χ3n) is 2.71. The lowest BCUT2D eigenvalue weighted by Crippen LogP contribution is -2.15. The molecule has 2 aromatic heterocycles. The maximum atomic E-state index is 12.4. The van der Waals surface area contributed by atoms with E-state index >= 15 is 0 Å². The molecule has 21 heavy (non-hydrogen) atoms. The van der Waals surface area contributed by atoms with Gasteiger partial charge in [0.25, 0.3) is 10.0 Å². The topological polar surface area (TPSA) is 125 Å². The van der Waals surface area contributed by atoms with E-state index in [1.165, 1.54) is 26.2 Å². The Bertz CT molecular complexity index is 798. The van der Waals surface area contributed by atoms with E-state index in [9.17, 15) is 13.2 Å². The maximum Gasteiger partial charge on any atom is 0.352 e. The van der Waals surface area contributed by atoms with Gasteiger partial charge < -0.3 is 10.1 Å². The molecule has 0 unspecified atom stereocenters. The van der Waals surface area contributed by atoms with Crippen LogP contribution < -0.4 is 4.72 Å². The van der Waals surface area contributed by atoms with E-state index in [1.54, 1.807) is 0 Å². The number of carbonyl (C=O) groups is 1. The molecule has 8 nitrogen and oxygen atoms in total. The summed E-state index contributed by atoms with van der Waals surface area (Å²) in [6.07, 6.45) is 2.59. The normalized spacial score (nSPS) is 11.4. The number of rotatable bonds is 4. The Morgan fingerprint density at radius 2 is 2.00 bits per heavy atom. The number of carboxylic acid groups (broad SMARTS) is 1. The minimum atomic E-state index is -3.96. The molecule has 0 radical (unpaired) electrons. The van der Waals surface area contributed by atoms with Crippen molar-refractivity contribution < 1.29 is 18.3 Å². The fourth-order valence-corrected chi connectivity index (χ4v) is 3.55. The van der Waals surface area contributed by atoms with Crippen LogP contribution in [0, 0.1) is 13.8 Å². The Labute approximate surface area is 128 Å². The number of carboxylic acids is 1. The first-order valence-electron chi connectivity index (χ1n) is 5.65. The molecule has 3 N–H and O–H groups in total. The second-order valence-electron chi connectivity index (χ2n) is 4.21. The molecule has 112 valence electrons. The summed E-state index contributed by atoms with van der Waals surface area (Å²) in [7, 11) is -3.96. The average Bonchev–Trinajstić information content (AvgIpc) is 2.68. The highest BCUT2D eigenvalue weighted by Gasteiger charge is 2.26. The number of aromatic nitrogens is 3. The monoisotopic (exact) mass is 374 g/mol. The number of aromatic carboxylic acids is 1. The number of H-pyrrole nitrogens is 1. The molecule has 0 atom stereocenters. The largest absolute Gasteiger partial charge is 0.477 e. The van der Waals surface area contributed by atoms with E-state index < -0.39 is 16.0 Å². The number of aromatic amines is 1. The van der Waals surface area contributed by atoms with Gasteiger partial charge in [-0.3, -0.25) is 4.72 Å². The average molecular weight is 375 g/mol. The van der Waals surface area contributed by atoms with Gasteiger partial charge in [0.05, 0.1) is 12.4 Å². The van der Waals surface area contributed by atoms with Gasteiger partial charge in [-0.1, -0.05) is 0 Å². The van der Waals surface area contributed by atoms with Crippen LogP contribution in [0.5, 0.6) is 0 Å². The molecule has 0 fully saturated rings. The van der Waals surface area contributed by atoms with E-state index in [0.717, 1.165) is 0 Å². The van der Waals surface area contributed by atoms with Crippen LogP contribution in [0.15, 0.2) is 21.9 Å². The van der Waals surface area contributed by atoms with Crippen LogP contribution in [0.25, 0.3) is 0 Å². The number of nitrogens with one attached hydrogen (secondary N) is 2. The smallest absolute Gasteiger partial charge is 0.352 e. The Balaban J connectivity index is 2.45. The van der Waals surface area contributed by atoms with E-state index in [1.807, 2.05) is 0 Å². The molecule has 0 aliphatic heterocycles. The quantitative estimate of drug-likeness (QED) is 0.747. The number of halogens is 1. The zero-order valence-corrected chi connectivity index (χ0v) is 13.4. The first-order chi connectivity index (χ1) is 9.72. The summed E-state index contributed by atoms with van der Waals surface area (Å²) in [5.74, 6) is -1.18. The highest BCUT2D eigenvalue weighted by Crippen LogP contribution is 2.25. The molecule has 2 rings (SSSR count). The Morgan fingerprint density at radius 1 is 1.33 bits per heavy atom. The Kier molecular flexibility index (Phi) is 4.01. The van der Waals surface area contributed by atoms with Crippen LogP contribution >= 0.6 is 15.9 Å². The highest BCUT2D eigenvalue weighted by molar-refractivity contribution is 9.10. The molecular formula is C11H11BrN4O4S. The van der Waals surface area contributed by atoms with Crippen molar-refractivity contribution in [3.05, 3.63) is 33.9 Å². The molecule has 0 aromatic carbocycles. The Morgan fingerprint density at radius 3 is 2.48 bits per heavy atom. The van der Waals surface area contributed by atoms with Crippen LogP contribution in [-0.4, -0.2) is 34.4 Å². The minimum Gasteiger partial charge on any atom is -0.477 e.